The molecule has 1 saturated carbocycles. The Labute approximate surface area is 116 Å². The van der Waals surface area contributed by atoms with Gasteiger partial charge in [0.1, 0.15) is 0 Å². The van der Waals surface area contributed by atoms with Crippen LogP contribution in [0.2, 0.25) is 0 Å². The van der Waals surface area contributed by atoms with Crippen LogP contribution in [0.25, 0.3) is 0 Å². The van der Waals surface area contributed by atoms with Gasteiger partial charge < -0.3 is 9.52 Å². The first kappa shape index (κ1) is 14.9. The van der Waals surface area contributed by atoms with Crippen molar-refractivity contribution in [1.29, 1.82) is 0 Å². The summed E-state index contributed by atoms with van der Waals surface area (Å²) >= 11 is 0. The number of aromatic nitrogens is 1. The second kappa shape index (κ2) is 5.50. The number of carbonyl (C=O) groups is 1. The van der Waals surface area contributed by atoms with E-state index in [2.05, 4.69) is 4.98 Å². The Balaban J connectivity index is 2.19. The number of oxazole rings is 1. The van der Waals surface area contributed by atoms with E-state index >= 15 is 0 Å². The van der Waals surface area contributed by atoms with Crippen LogP contribution in [0, 0.1) is 5.92 Å². The summed E-state index contributed by atoms with van der Waals surface area (Å²) < 4.78 is 31.6. The lowest BCUT2D eigenvalue weighted by Gasteiger charge is -2.26. The van der Waals surface area contributed by atoms with Gasteiger partial charge in [-0.05, 0) is 25.2 Å². The molecule has 1 aromatic rings. The van der Waals surface area contributed by atoms with Gasteiger partial charge in [-0.1, -0.05) is 13.8 Å². The van der Waals surface area contributed by atoms with Gasteiger partial charge in [0, 0.05) is 18.8 Å². The molecule has 0 bridgehead atoms. The molecule has 0 unspecified atom stereocenters. The lowest BCUT2D eigenvalue weighted by molar-refractivity contribution is -0.0399. The lowest BCUT2D eigenvalue weighted by Crippen LogP contribution is -2.23. The standard InChI is InChI=1S/C14H19F2NO3/c1-8(2)7-10-11(13(18)19)20-12(17-10)9-3-5-14(15,16)6-4-9/h8-9H,3-7H2,1-2H3,(H,18,19). The fourth-order valence-electron chi connectivity index (χ4n) is 2.52. The van der Waals surface area contributed by atoms with E-state index in [0.29, 0.717) is 18.0 Å². The van der Waals surface area contributed by atoms with E-state index in [1.165, 1.54) is 0 Å². The number of halogens is 2. The third kappa shape index (κ3) is 3.35. The Kier molecular flexibility index (Phi) is 4.11. The molecule has 1 N–H and O–H groups in total. The van der Waals surface area contributed by atoms with Gasteiger partial charge >= 0.3 is 5.97 Å². The summed E-state index contributed by atoms with van der Waals surface area (Å²) in [7, 11) is 0. The number of carboxylic acids is 1. The highest BCUT2D eigenvalue weighted by Crippen LogP contribution is 2.41. The summed E-state index contributed by atoms with van der Waals surface area (Å²) in [6.45, 7) is 3.92. The minimum Gasteiger partial charge on any atom is -0.475 e. The molecule has 112 valence electrons. The first-order valence-corrected chi connectivity index (χ1v) is 6.89. The highest BCUT2D eigenvalue weighted by molar-refractivity contribution is 5.85. The fraction of sp³-hybridized carbons (Fsp3) is 0.714. The molecular formula is C14H19F2NO3. The van der Waals surface area contributed by atoms with E-state index in [1.807, 2.05) is 13.8 Å². The van der Waals surface area contributed by atoms with E-state index < -0.39 is 11.9 Å². The number of nitrogens with zero attached hydrogens (tertiary/aromatic N) is 1. The number of alkyl halides is 2. The van der Waals surface area contributed by atoms with Crippen molar-refractivity contribution in [1.82, 2.24) is 4.98 Å². The van der Waals surface area contributed by atoms with Crippen molar-refractivity contribution in [3.8, 4) is 0 Å². The maximum atomic E-state index is 13.1. The predicted molar refractivity (Wildman–Crippen MR) is 68.2 cm³/mol. The van der Waals surface area contributed by atoms with Crippen molar-refractivity contribution in [3.05, 3.63) is 17.3 Å². The van der Waals surface area contributed by atoms with Crippen molar-refractivity contribution >= 4 is 5.97 Å². The van der Waals surface area contributed by atoms with Crippen LogP contribution in [0.5, 0.6) is 0 Å². The normalized spacial score (nSPS) is 19.4. The molecule has 0 radical (unpaired) electrons. The van der Waals surface area contributed by atoms with Crippen LogP contribution < -0.4 is 0 Å². The first-order chi connectivity index (χ1) is 9.28. The SMILES string of the molecule is CC(C)Cc1nc(C2CCC(F)(F)CC2)oc1C(=O)O. The smallest absolute Gasteiger partial charge is 0.373 e. The highest BCUT2D eigenvalue weighted by atomic mass is 19.3. The summed E-state index contributed by atoms with van der Waals surface area (Å²) in [6.07, 6.45) is 0.694. The molecule has 0 saturated heterocycles. The van der Waals surface area contributed by atoms with E-state index in [1.54, 1.807) is 0 Å². The van der Waals surface area contributed by atoms with Crippen LogP contribution in [0.3, 0.4) is 0 Å². The van der Waals surface area contributed by atoms with Crippen LogP contribution in [-0.4, -0.2) is 22.0 Å². The van der Waals surface area contributed by atoms with Crippen molar-refractivity contribution in [2.24, 2.45) is 5.92 Å². The Hall–Kier alpha value is -1.46. The zero-order valence-electron chi connectivity index (χ0n) is 11.7. The molecule has 0 aromatic carbocycles. The van der Waals surface area contributed by atoms with Crippen molar-refractivity contribution in [3.63, 3.8) is 0 Å². The van der Waals surface area contributed by atoms with Gasteiger partial charge in [-0.2, -0.15) is 0 Å². The predicted octanol–water partition coefficient (Wildman–Crippen LogP) is 3.86. The molecule has 1 aliphatic carbocycles. The number of hydrogen-bond acceptors (Lipinski definition) is 3. The zero-order valence-corrected chi connectivity index (χ0v) is 11.7. The van der Waals surface area contributed by atoms with Crippen molar-refractivity contribution in [2.75, 3.05) is 0 Å². The second-order valence-electron chi connectivity index (χ2n) is 5.86. The number of aromatic carboxylic acids is 1. The minimum atomic E-state index is -2.61. The van der Waals surface area contributed by atoms with Crippen molar-refractivity contribution < 1.29 is 23.1 Å². The second-order valence-corrected chi connectivity index (χ2v) is 5.86. The number of carboxylic acid groups (broad SMARTS) is 1. The molecule has 4 nitrogen and oxygen atoms in total. The monoisotopic (exact) mass is 287 g/mol. The summed E-state index contributed by atoms with van der Waals surface area (Å²) in [5.74, 6) is -3.56. The van der Waals surface area contributed by atoms with E-state index in [0.717, 1.165) is 0 Å². The lowest BCUT2D eigenvalue weighted by atomic mass is 9.87. The van der Waals surface area contributed by atoms with Gasteiger partial charge in [-0.15, -0.1) is 0 Å². The fourth-order valence-corrected chi connectivity index (χ4v) is 2.52. The van der Waals surface area contributed by atoms with Crippen LogP contribution in [0.1, 0.15) is 67.6 Å². The molecule has 0 atom stereocenters. The van der Waals surface area contributed by atoms with Crippen LogP contribution >= 0.6 is 0 Å². The molecule has 1 fully saturated rings. The maximum absolute atomic E-state index is 13.1. The third-order valence-electron chi connectivity index (χ3n) is 3.58. The Bertz CT molecular complexity index is 487. The molecule has 1 aliphatic rings. The Morgan fingerprint density at radius 1 is 1.45 bits per heavy atom. The molecular weight excluding hydrogens is 268 g/mol. The average molecular weight is 287 g/mol. The minimum absolute atomic E-state index is 0.147. The number of hydrogen-bond donors (Lipinski definition) is 1. The Morgan fingerprint density at radius 2 is 2.05 bits per heavy atom. The highest BCUT2D eigenvalue weighted by Gasteiger charge is 2.37. The van der Waals surface area contributed by atoms with Gasteiger partial charge in [-0.3, -0.25) is 0 Å². The van der Waals surface area contributed by atoms with Gasteiger partial charge in [-0.25, -0.2) is 18.6 Å². The van der Waals surface area contributed by atoms with Gasteiger partial charge in [0.2, 0.25) is 11.7 Å². The summed E-state index contributed by atoms with van der Waals surface area (Å²) in [5, 5.41) is 9.12. The largest absolute Gasteiger partial charge is 0.475 e. The van der Waals surface area contributed by atoms with Gasteiger partial charge in [0.05, 0.1) is 5.69 Å². The molecule has 0 spiro atoms. The van der Waals surface area contributed by atoms with E-state index in [4.69, 9.17) is 9.52 Å². The number of rotatable bonds is 4. The molecule has 20 heavy (non-hydrogen) atoms. The van der Waals surface area contributed by atoms with Crippen LogP contribution in [0.15, 0.2) is 4.42 Å². The van der Waals surface area contributed by atoms with Crippen molar-refractivity contribution in [2.45, 2.75) is 57.8 Å². The quantitative estimate of drug-likeness (QED) is 0.913. The third-order valence-corrected chi connectivity index (χ3v) is 3.58. The molecule has 6 heteroatoms. The van der Waals surface area contributed by atoms with Gasteiger partial charge in [0.15, 0.2) is 5.89 Å². The van der Waals surface area contributed by atoms with Crippen LogP contribution in [-0.2, 0) is 6.42 Å². The molecule has 1 heterocycles. The van der Waals surface area contributed by atoms with E-state index in [9.17, 15) is 13.6 Å². The summed E-state index contributed by atoms with van der Waals surface area (Å²) in [4.78, 5) is 15.4. The van der Waals surface area contributed by atoms with Crippen LogP contribution in [0.4, 0.5) is 8.78 Å². The zero-order chi connectivity index (χ0) is 14.9. The first-order valence-electron chi connectivity index (χ1n) is 6.89. The molecule has 2 rings (SSSR count). The topological polar surface area (TPSA) is 63.3 Å². The maximum Gasteiger partial charge on any atom is 0.373 e. The summed E-state index contributed by atoms with van der Waals surface area (Å²) in [5.41, 5.74) is 0.417. The molecule has 1 aromatic heterocycles. The molecule has 0 amide bonds. The Morgan fingerprint density at radius 3 is 2.55 bits per heavy atom. The molecule has 0 aliphatic heterocycles. The van der Waals surface area contributed by atoms with Gasteiger partial charge in [0.25, 0.3) is 0 Å². The summed E-state index contributed by atoms with van der Waals surface area (Å²) in [6, 6.07) is 0. The average Bonchev–Trinajstić information content (AvgIpc) is 2.72. The van der Waals surface area contributed by atoms with E-state index in [-0.39, 0.29) is 43.3 Å².